The van der Waals surface area contributed by atoms with Gasteiger partial charge in [-0.05, 0) is 72.6 Å². The Morgan fingerprint density at radius 1 is 0.897 bits per heavy atom. The van der Waals surface area contributed by atoms with Gasteiger partial charge >= 0.3 is 0 Å². The van der Waals surface area contributed by atoms with Crippen molar-refractivity contribution in [2.24, 2.45) is 4.99 Å². The lowest BCUT2D eigenvalue weighted by Gasteiger charge is -2.24. The zero-order valence-corrected chi connectivity index (χ0v) is 23.0. The van der Waals surface area contributed by atoms with Gasteiger partial charge in [-0.3, -0.25) is 9.69 Å². The van der Waals surface area contributed by atoms with Gasteiger partial charge in [-0.1, -0.05) is 84.4 Å². The normalized spacial score (nSPS) is 16.1. The Balaban J connectivity index is 1.43. The number of hydrogen-bond acceptors (Lipinski definition) is 5. The van der Waals surface area contributed by atoms with Crippen LogP contribution in [-0.4, -0.2) is 23.1 Å². The monoisotopic (exact) mass is 534 g/mol. The average Bonchev–Trinajstić information content (AvgIpc) is 3.26. The number of methoxy groups -OCH3 is 1. The van der Waals surface area contributed by atoms with Crippen LogP contribution in [0, 0.1) is 6.92 Å². The van der Waals surface area contributed by atoms with Crippen LogP contribution in [0.1, 0.15) is 35.2 Å². The second-order valence-electron chi connectivity index (χ2n) is 9.29. The molecule has 1 fully saturated rings. The van der Waals surface area contributed by atoms with Gasteiger partial charge in [0.05, 0.1) is 23.7 Å². The molecule has 1 aliphatic rings. The van der Waals surface area contributed by atoms with Crippen LogP contribution in [0.2, 0.25) is 0 Å². The van der Waals surface area contributed by atoms with Gasteiger partial charge in [-0.25, -0.2) is 4.99 Å². The van der Waals surface area contributed by atoms with Gasteiger partial charge in [0.2, 0.25) is 0 Å². The van der Waals surface area contributed by atoms with Crippen LogP contribution in [0.3, 0.4) is 0 Å². The maximum Gasteiger partial charge on any atom is 0.267 e. The number of thioether (sulfide) groups is 1. The second kappa shape index (κ2) is 12.0. The fraction of sp³-hybridized carbons (Fsp3) is 0.152. The number of carbonyl (C=O) groups excluding carboxylic acids is 1. The lowest BCUT2D eigenvalue weighted by molar-refractivity contribution is -0.123. The van der Waals surface area contributed by atoms with E-state index in [2.05, 4.69) is 19.1 Å². The Morgan fingerprint density at radius 3 is 2.36 bits per heavy atom. The summed E-state index contributed by atoms with van der Waals surface area (Å²) in [6, 6.07) is 33.5. The van der Waals surface area contributed by atoms with Crippen LogP contribution in [0.4, 0.5) is 5.69 Å². The molecule has 39 heavy (non-hydrogen) atoms. The number of amidine groups is 1. The van der Waals surface area contributed by atoms with Crippen molar-refractivity contribution in [3.05, 3.63) is 130 Å². The molecule has 1 saturated heterocycles. The Hall–Kier alpha value is -4.29. The Kier molecular flexibility index (Phi) is 8.13. The number of benzene rings is 4. The fourth-order valence-corrected chi connectivity index (χ4v) is 5.48. The van der Waals surface area contributed by atoms with E-state index in [4.69, 9.17) is 14.5 Å². The summed E-state index contributed by atoms with van der Waals surface area (Å²) in [5, 5.41) is 0.652. The third kappa shape index (κ3) is 6.24. The van der Waals surface area contributed by atoms with E-state index < -0.39 is 0 Å². The van der Waals surface area contributed by atoms with Crippen LogP contribution in [-0.2, 0) is 11.4 Å². The summed E-state index contributed by atoms with van der Waals surface area (Å²) in [5.74, 6) is 1.18. The van der Waals surface area contributed by atoms with Gasteiger partial charge in [0.1, 0.15) is 6.61 Å². The maximum absolute atomic E-state index is 13.7. The fourth-order valence-electron chi connectivity index (χ4n) is 4.41. The molecule has 0 aromatic heterocycles. The Bertz CT molecular complexity index is 1520. The van der Waals surface area contributed by atoms with Gasteiger partial charge in [-0.15, -0.1) is 0 Å². The van der Waals surface area contributed by atoms with Gasteiger partial charge in [0, 0.05) is 0 Å². The average molecular weight is 535 g/mol. The second-order valence-corrected chi connectivity index (χ2v) is 10.3. The van der Waals surface area contributed by atoms with E-state index in [-0.39, 0.29) is 11.9 Å². The molecule has 0 saturated carbocycles. The number of aliphatic imine (C=N–C) groups is 1. The van der Waals surface area contributed by atoms with E-state index in [1.807, 2.05) is 104 Å². The molecular formula is C33H30N2O3S. The van der Waals surface area contributed by atoms with Gasteiger partial charge in [-0.2, -0.15) is 0 Å². The third-order valence-corrected chi connectivity index (χ3v) is 7.43. The number of carbonyl (C=O) groups is 1. The molecule has 1 heterocycles. The molecule has 1 aliphatic heterocycles. The van der Waals surface area contributed by atoms with E-state index >= 15 is 0 Å². The zero-order valence-electron chi connectivity index (χ0n) is 22.2. The predicted octanol–water partition coefficient (Wildman–Crippen LogP) is 7.95. The van der Waals surface area contributed by atoms with Crippen LogP contribution in [0.5, 0.6) is 11.5 Å². The molecule has 0 bridgehead atoms. The maximum atomic E-state index is 13.7. The highest BCUT2D eigenvalue weighted by molar-refractivity contribution is 8.18. The smallest absolute Gasteiger partial charge is 0.267 e. The standard InChI is InChI=1S/C33H30N2O3S/c1-23-11-10-12-26(19-23)22-38-29-18-17-25(20-30(29)37-3)21-31-32(36)35(24(2)27-13-6-4-7-14-27)33(39-31)34-28-15-8-5-9-16-28/h4-21,24H,22H2,1-3H3/b31-21+,34-33?/t24-/m1/s1. The van der Waals surface area contributed by atoms with Crippen molar-refractivity contribution < 1.29 is 14.3 Å². The molecule has 0 radical (unpaired) electrons. The highest BCUT2D eigenvalue weighted by Crippen LogP contribution is 2.40. The van der Waals surface area contributed by atoms with Crippen molar-refractivity contribution in [1.82, 2.24) is 4.90 Å². The first-order valence-corrected chi connectivity index (χ1v) is 13.6. The van der Waals surface area contributed by atoms with Crippen LogP contribution in [0.25, 0.3) is 6.08 Å². The predicted molar refractivity (Wildman–Crippen MR) is 159 cm³/mol. The van der Waals surface area contributed by atoms with Gasteiger partial charge < -0.3 is 9.47 Å². The lowest BCUT2D eigenvalue weighted by Crippen LogP contribution is -2.32. The molecule has 1 amide bonds. The van der Waals surface area contributed by atoms with E-state index in [0.29, 0.717) is 28.2 Å². The Morgan fingerprint density at radius 2 is 1.64 bits per heavy atom. The topological polar surface area (TPSA) is 51.1 Å². The van der Waals surface area contributed by atoms with Crippen molar-refractivity contribution in [2.45, 2.75) is 26.5 Å². The summed E-state index contributed by atoms with van der Waals surface area (Å²) in [7, 11) is 1.62. The quantitative estimate of drug-likeness (QED) is 0.215. The number of para-hydroxylation sites is 1. The Labute approximate surface area is 233 Å². The molecule has 1 atom stereocenters. The lowest BCUT2D eigenvalue weighted by atomic mass is 10.1. The number of nitrogens with zero attached hydrogens (tertiary/aromatic N) is 2. The number of ether oxygens (including phenoxy) is 2. The minimum absolute atomic E-state index is 0.0789. The van der Waals surface area contributed by atoms with Crippen molar-refractivity contribution in [3.63, 3.8) is 0 Å². The summed E-state index contributed by atoms with van der Waals surface area (Å²) in [6.45, 7) is 4.53. The molecule has 4 aromatic rings. The molecule has 196 valence electrons. The molecule has 5 nitrogen and oxygen atoms in total. The van der Waals surface area contributed by atoms with Crippen molar-refractivity contribution in [1.29, 1.82) is 0 Å². The highest BCUT2D eigenvalue weighted by atomic mass is 32.2. The van der Waals surface area contributed by atoms with Crippen LogP contribution < -0.4 is 9.47 Å². The van der Waals surface area contributed by atoms with E-state index in [1.54, 1.807) is 12.0 Å². The number of rotatable bonds is 8. The molecule has 5 rings (SSSR count). The van der Waals surface area contributed by atoms with Crippen LogP contribution in [0.15, 0.2) is 113 Å². The first-order valence-electron chi connectivity index (χ1n) is 12.8. The zero-order chi connectivity index (χ0) is 27.2. The van der Waals surface area contributed by atoms with E-state index in [1.165, 1.54) is 17.3 Å². The van der Waals surface area contributed by atoms with Crippen molar-refractivity contribution in [3.8, 4) is 11.5 Å². The SMILES string of the molecule is COc1cc(/C=C2/SC(=Nc3ccccc3)N([C@H](C)c3ccccc3)C2=O)ccc1OCc1cccc(C)c1. The molecule has 6 heteroatoms. The minimum Gasteiger partial charge on any atom is -0.493 e. The molecular weight excluding hydrogens is 504 g/mol. The first kappa shape index (κ1) is 26.3. The molecule has 0 N–H and O–H groups in total. The summed E-state index contributed by atoms with van der Waals surface area (Å²) < 4.78 is 11.7. The van der Waals surface area contributed by atoms with Gasteiger partial charge in [0.25, 0.3) is 5.91 Å². The molecule has 0 spiro atoms. The minimum atomic E-state index is -0.175. The summed E-state index contributed by atoms with van der Waals surface area (Å²) in [5.41, 5.74) is 4.98. The first-order chi connectivity index (χ1) is 19.0. The molecule has 0 unspecified atom stereocenters. The number of amides is 1. The largest absolute Gasteiger partial charge is 0.493 e. The van der Waals surface area contributed by atoms with Gasteiger partial charge in [0.15, 0.2) is 16.7 Å². The van der Waals surface area contributed by atoms with Crippen molar-refractivity contribution in [2.75, 3.05) is 7.11 Å². The summed E-state index contributed by atoms with van der Waals surface area (Å²) in [4.78, 5) is 20.9. The van der Waals surface area contributed by atoms with Crippen molar-refractivity contribution >= 4 is 34.6 Å². The molecule has 4 aromatic carbocycles. The number of aryl methyl sites for hydroxylation is 1. The highest BCUT2D eigenvalue weighted by Gasteiger charge is 2.37. The third-order valence-electron chi connectivity index (χ3n) is 6.45. The summed E-state index contributed by atoms with van der Waals surface area (Å²) in [6.07, 6.45) is 1.89. The molecule has 0 aliphatic carbocycles. The van der Waals surface area contributed by atoms with E-state index in [9.17, 15) is 4.79 Å². The van der Waals surface area contributed by atoms with Crippen LogP contribution >= 0.6 is 11.8 Å². The summed E-state index contributed by atoms with van der Waals surface area (Å²) >= 11 is 1.38. The number of hydrogen-bond donors (Lipinski definition) is 0. The van der Waals surface area contributed by atoms with E-state index in [0.717, 1.165) is 22.4 Å².